The van der Waals surface area contributed by atoms with E-state index in [-0.39, 0.29) is 24.2 Å². The minimum Gasteiger partial charge on any atom is -0.466 e. The Labute approximate surface area is 101 Å². The molecule has 2 N–H and O–H groups in total. The van der Waals surface area contributed by atoms with Crippen molar-refractivity contribution in [3.8, 4) is 0 Å². The van der Waals surface area contributed by atoms with Crippen molar-refractivity contribution in [1.82, 2.24) is 0 Å². The van der Waals surface area contributed by atoms with E-state index in [0.717, 1.165) is 0 Å². The van der Waals surface area contributed by atoms with Crippen LogP contribution >= 0.6 is 0 Å². The van der Waals surface area contributed by atoms with Crippen molar-refractivity contribution in [1.29, 1.82) is 0 Å². The van der Waals surface area contributed by atoms with Crippen LogP contribution in [-0.4, -0.2) is 18.6 Å². The Morgan fingerprint density at radius 1 is 1.47 bits per heavy atom. The average Bonchev–Trinajstić information content (AvgIpc) is 2.30. The third-order valence-corrected chi connectivity index (χ3v) is 2.46. The highest BCUT2D eigenvalue weighted by atomic mass is 19.1. The number of hydrogen-bond acceptors (Lipinski definition) is 3. The molecule has 0 aliphatic rings. The second-order valence-electron chi connectivity index (χ2n) is 3.90. The molecule has 0 aromatic heterocycles. The molecule has 4 heteroatoms. The molecule has 0 saturated carbocycles. The summed E-state index contributed by atoms with van der Waals surface area (Å²) in [5, 5.41) is 0. The van der Waals surface area contributed by atoms with E-state index in [9.17, 15) is 9.18 Å². The van der Waals surface area contributed by atoms with Crippen LogP contribution in [0.2, 0.25) is 0 Å². The summed E-state index contributed by atoms with van der Waals surface area (Å²) in [6, 6.07) is 6.31. The van der Waals surface area contributed by atoms with Crippen molar-refractivity contribution >= 4 is 5.97 Å². The lowest BCUT2D eigenvalue weighted by Gasteiger charge is -2.11. The van der Waals surface area contributed by atoms with Crippen LogP contribution in [0.5, 0.6) is 0 Å². The third-order valence-electron chi connectivity index (χ3n) is 2.46. The lowest BCUT2D eigenvalue weighted by Crippen LogP contribution is -2.24. The molecule has 3 nitrogen and oxygen atoms in total. The van der Waals surface area contributed by atoms with E-state index < -0.39 is 0 Å². The Balaban J connectivity index is 2.37. The first-order valence-electron chi connectivity index (χ1n) is 5.78. The standard InChI is InChI=1S/C13H18FNO2/c1-2-17-13(16)8-7-11(15)9-10-5-3-4-6-12(10)14/h3-6,11H,2,7-9,15H2,1H3. The first kappa shape index (κ1) is 13.6. The van der Waals surface area contributed by atoms with Gasteiger partial charge in [-0.15, -0.1) is 0 Å². The third kappa shape index (κ3) is 4.95. The zero-order chi connectivity index (χ0) is 12.7. The van der Waals surface area contributed by atoms with E-state index in [2.05, 4.69) is 0 Å². The number of halogens is 1. The van der Waals surface area contributed by atoms with Gasteiger partial charge in [-0.1, -0.05) is 18.2 Å². The Morgan fingerprint density at radius 3 is 2.82 bits per heavy atom. The number of nitrogens with two attached hydrogens (primary N) is 1. The second-order valence-corrected chi connectivity index (χ2v) is 3.90. The fourth-order valence-electron chi connectivity index (χ4n) is 1.58. The SMILES string of the molecule is CCOC(=O)CCC(N)Cc1ccccc1F. The molecule has 1 aromatic carbocycles. The van der Waals surface area contributed by atoms with Gasteiger partial charge in [0.2, 0.25) is 0 Å². The molecule has 0 amide bonds. The highest BCUT2D eigenvalue weighted by molar-refractivity contribution is 5.69. The van der Waals surface area contributed by atoms with Gasteiger partial charge in [0.1, 0.15) is 5.82 Å². The maximum absolute atomic E-state index is 13.3. The smallest absolute Gasteiger partial charge is 0.305 e. The van der Waals surface area contributed by atoms with Gasteiger partial charge in [-0.25, -0.2) is 4.39 Å². The Morgan fingerprint density at radius 2 is 2.18 bits per heavy atom. The van der Waals surface area contributed by atoms with E-state index in [4.69, 9.17) is 10.5 Å². The fraction of sp³-hybridized carbons (Fsp3) is 0.462. The normalized spacial score (nSPS) is 12.2. The predicted octanol–water partition coefficient (Wildman–Crippen LogP) is 2.04. The molecule has 0 fully saturated rings. The first-order valence-corrected chi connectivity index (χ1v) is 5.78. The number of carbonyl (C=O) groups is 1. The summed E-state index contributed by atoms with van der Waals surface area (Å²) in [5.41, 5.74) is 6.43. The summed E-state index contributed by atoms with van der Waals surface area (Å²) in [4.78, 5) is 11.1. The average molecular weight is 239 g/mol. The van der Waals surface area contributed by atoms with Crippen LogP contribution < -0.4 is 5.73 Å². The van der Waals surface area contributed by atoms with Gasteiger partial charge < -0.3 is 10.5 Å². The zero-order valence-electron chi connectivity index (χ0n) is 9.99. The molecule has 94 valence electrons. The number of benzene rings is 1. The number of esters is 1. The van der Waals surface area contributed by atoms with Crippen LogP contribution in [-0.2, 0) is 16.0 Å². The minimum absolute atomic E-state index is 0.226. The summed E-state index contributed by atoms with van der Waals surface area (Å²) in [5.74, 6) is -0.504. The molecule has 1 rings (SSSR count). The molecule has 0 saturated heterocycles. The quantitative estimate of drug-likeness (QED) is 0.773. The molecule has 0 aliphatic carbocycles. The molecule has 0 heterocycles. The summed E-state index contributed by atoms with van der Waals surface area (Å²) in [6.45, 7) is 2.14. The highest BCUT2D eigenvalue weighted by Crippen LogP contribution is 2.10. The molecule has 0 spiro atoms. The van der Waals surface area contributed by atoms with Crippen molar-refractivity contribution in [3.05, 3.63) is 35.6 Å². The van der Waals surface area contributed by atoms with Crippen LogP contribution in [0, 0.1) is 5.82 Å². The van der Waals surface area contributed by atoms with Crippen molar-refractivity contribution < 1.29 is 13.9 Å². The minimum atomic E-state index is -0.253. The number of ether oxygens (including phenoxy) is 1. The van der Waals surface area contributed by atoms with Crippen molar-refractivity contribution in [2.24, 2.45) is 5.73 Å². The number of rotatable bonds is 6. The van der Waals surface area contributed by atoms with Crippen LogP contribution in [0.1, 0.15) is 25.3 Å². The predicted molar refractivity (Wildman–Crippen MR) is 63.9 cm³/mol. The summed E-state index contributed by atoms with van der Waals surface area (Å²) in [7, 11) is 0. The first-order chi connectivity index (χ1) is 8.13. The molecule has 17 heavy (non-hydrogen) atoms. The zero-order valence-corrected chi connectivity index (χ0v) is 9.99. The molecular formula is C13H18FNO2. The van der Waals surface area contributed by atoms with Gasteiger partial charge in [-0.2, -0.15) is 0 Å². The second kappa shape index (κ2) is 7.01. The van der Waals surface area contributed by atoms with Crippen LogP contribution in [0.4, 0.5) is 4.39 Å². The van der Waals surface area contributed by atoms with Crippen LogP contribution in [0.15, 0.2) is 24.3 Å². The van der Waals surface area contributed by atoms with Crippen molar-refractivity contribution in [3.63, 3.8) is 0 Å². The molecule has 1 unspecified atom stereocenters. The van der Waals surface area contributed by atoms with E-state index >= 15 is 0 Å². The lowest BCUT2D eigenvalue weighted by molar-refractivity contribution is -0.143. The van der Waals surface area contributed by atoms with Crippen molar-refractivity contribution in [2.45, 2.75) is 32.2 Å². The van der Waals surface area contributed by atoms with Crippen LogP contribution in [0.25, 0.3) is 0 Å². The van der Waals surface area contributed by atoms with E-state index in [1.165, 1.54) is 6.07 Å². The molecule has 0 radical (unpaired) electrons. The number of carbonyl (C=O) groups excluding carboxylic acids is 1. The summed E-state index contributed by atoms with van der Waals surface area (Å²) < 4.78 is 18.1. The van der Waals surface area contributed by atoms with Gasteiger partial charge in [-0.3, -0.25) is 4.79 Å². The van der Waals surface area contributed by atoms with E-state index in [0.29, 0.717) is 25.0 Å². The van der Waals surface area contributed by atoms with Gasteiger partial charge in [-0.05, 0) is 31.4 Å². The largest absolute Gasteiger partial charge is 0.466 e. The molecule has 0 bridgehead atoms. The summed E-state index contributed by atoms with van der Waals surface area (Å²) >= 11 is 0. The van der Waals surface area contributed by atoms with E-state index in [1.54, 1.807) is 25.1 Å². The van der Waals surface area contributed by atoms with Gasteiger partial charge >= 0.3 is 5.97 Å². The van der Waals surface area contributed by atoms with Gasteiger partial charge in [0.05, 0.1) is 6.61 Å². The molecular weight excluding hydrogens is 221 g/mol. The monoisotopic (exact) mass is 239 g/mol. The Hall–Kier alpha value is -1.42. The molecule has 1 atom stereocenters. The summed E-state index contributed by atoms with van der Waals surface area (Å²) in [6.07, 6.45) is 1.22. The topological polar surface area (TPSA) is 52.3 Å². The van der Waals surface area contributed by atoms with Crippen molar-refractivity contribution in [2.75, 3.05) is 6.61 Å². The highest BCUT2D eigenvalue weighted by Gasteiger charge is 2.10. The number of hydrogen-bond donors (Lipinski definition) is 1. The van der Waals surface area contributed by atoms with Gasteiger partial charge in [0.15, 0.2) is 0 Å². The molecule has 1 aromatic rings. The van der Waals surface area contributed by atoms with Crippen LogP contribution in [0.3, 0.4) is 0 Å². The maximum Gasteiger partial charge on any atom is 0.305 e. The Kier molecular flexibility index (Phi) is 5.63. The van der Waals surface area contributed by atoms with Gasteiger partial charge in [0.25, 0.3) is 0 Å². The molecule has 0 aliphatic heterocycles. The maximum atomic E-state index is 13.3. The van der Waals surface area contributed by atoms with Gasteiger partial charge in [0, 0.05) is 12.5 Å². The fourth-order valence-corrected chi connectivity index (χ4v) is 1.58. The Bertz CT molecular complexity index is 368. The lowest BCUT2D eigenvalue weighted by atomic mass is 10.0. The van der Waals surface area contributed by atoms with E-state index in [1.807, 2.05) is 0 Å².